The van der Waals surface area contributed by atoms with Gasteiger partial charge in [0.25, 0.3) is 0 Å². The van der Waals surface area contributed by atoms with Gasteiger partial charge in [-0.3, -0.25) is 14.4 Å². The molecule has 0 bridgehead atoms. The van der Waals surface area contributed by atoms with Crippen LogP contribution in [-0.2, 0) is 19.2 Å². The van der Waals surface area contributed by atoms with Crippen molar-refractivity contribution in [3.05, 3.63) is 0 Å². The van der Waals surface area contributed by atoms with Crippen LogP contribution in [0.5, 0.6) is 0 Å². The number of hydrogen-bond donors (Lipinski definition) is 8. The molecule has 0 heterocycles. The summed E-state index contributed by atoms with van der Waals surface area (Å²) < 4.78 is 0. The molecule has 0 aliphatic carbocycles. The minimum Gasteiger partial charge on any atom is -0.480 e. The standard InChI is InChI=1S/C18H35N5O7/c1-9(2)13(20)16(27)23-14(10(3)25)17(28)21-11(6-4-5-7-19)15(26)22-12(8-24)18(29)30/h9-14,24-25H,4-8,19-20H2,1-3H3,(H,21,28)(H,22,26)(H,23,27)(H,29,30). The number of aliphatic hydroxyl groups is 2. The average Bonchev–Trinajstić information content (AvgIpc) is 2.67. The van der Waals surface area contributed by atoms with E-state index in [1.54, 1.807) is 13.8 Å². The van der Waals surface area contributed by atoms with Crippen molar-refractivity contribution in [2.45, 2.75) is 70.3 Å². The van der Waals surface area contributed by atoms with E-state index >= 15 is 0 Å². The molecule has 0 spiro atoms. The van der Waals surface area contributed by atoms with Crippen LogP contribution in [-0.4, -0.2) is 82.4 Å². The summed E-state index contributed by atoms with van der Waals surface area (Å²) >= 11 is 0. The quantitative estimate of drug-likeness (QED) is 0.131. The van der Waals surface area contributed by atoms with Gasteiger partial charge in [0.15, 0.2) is 0 Å². The van der Waals surface area contributed by atoms with Gasteiger partial charge in [0.1, 0.15) is 18.1 Å². The van der Waals surface area contributed by atoms with E-state index in [9.17, 15) is 24.3 Å². The zero-order valence-electron chi connectivity index (χ0n) is 17.6. The Kier molecular flexibility index (Phi) is 12.8. The second kappa shape index (κ2) is 13.9. The van der Waals surface area contributed by atoms with Gasteiger partial charge < -0.3 is 42.7 Å². The lowest BCUT2D eigenvalue weighted by Crippen LogP contribution is -2.60. The summed E-state index contributed by atoms with van der Waals surface area (Å²) in [5.41, 5.74) is 11.2. The van der Waals surface area contributed by atoms with Gasteiger partial charge in [-0.1, -0.05) is 13.8 Å². The minimum atomic E-state index is -1.54. The fourth-order valence-electron chi connectivity index (χ4n) is 2.44. The fourth-order valence-corrected chi connectivity index (χ4v) is 2.44. The number of carboxylic acids is 1. The van der Waals surface area contributed by atoms with Crippen molar-refractivity contribution in [2.75, 3.05) is 13.2 Å². The van der Waals surface area contributed by atoms with Crippen LogP contribution in [0, 0.1) is 5.92 Å². The van der Waals surface area contributed by atoms with Crippen LogP contribution in [0.1, 0.15) is 40.0 Å². The third-order valence-electron chi connectivity index (χ3n) is 4.46. The summed E-state index contributed by atoms with van der Waals surface area (Å²) in [7, 11) is 0. The second-order valence-electron chi connectivity index (χ2n) is 7.42. The van der Waals surface area contributed by atoms with Crippen LogP contribution >= 0.6 is 0 Å². The molecule has 0 aromatic carbocycles. The first-order valence-corrected chi connectivity index (χ1v) is 9.84. The molecule has 30 heavy (non-hydrogen) atoms. The molecule has 10 N–H and O–H groups in total. The monoisotopic (exact) mass is 433 g/mol. The summed E-state index contributed by atoms with van der Waals surface area (Å²) in [6, 6.07) is -4.97. The molecule has 0 rings (SSSR count). The van der Waals surface area contributed by atoms with Gasteiger partial charge in [-0.25, -0.2) is 4.79 Å². The van der Waals surface area contributed by atoms with Crippen molar-refractivity contribution >= 4 is 23.7 Å². The number of aliphatic hydroxyl groups excluding tert-OH is 2. The van der Waals surface area contributed by atoms with Crippen molar-refractivity contribution in [3.8, 4) is 0 Å². The van der Waals surface area contributed by atoms with Crippen LogP contribution in [0.4, 0.5) is 0 Å². The highest BCUT2D eigenvalue weighted by Crippen LogP contribution is 2.05. The Morgan fingerprint density at radius 3 is 1.90 bits per heavy atom. The molecule has 0 aromatic heterocycles. The van der Waals surface area contributed by atoms with Gasteiger partial charge in [-0.15, -0.1) is 0 Å². The second-order valence-corrected chi connectivity index (χ2v) is 7.42. The molecule has 12 heteroatoms. The SMILES string of the molecule is CC(C)C(N)C(=O)NC(C(=O)NC(CCCCN)C(=O)NC(CO)C(=O)O)C(C)O. The third-order valence-corrected chi connectivity index (χ3v) is 4.46. The highest BCUT2D eigenvalue weighted by molar-refractivity contribution is 5.94. The molecule has 12 nitrogen and oxygen atoms in total. The number of carbonyl (C=O) groups excluding carboxylic acids is 3. The molecule has 3 amide bonds. The maximum absolute atomic E-state index is 12.7. The molecule has 5 unspecified atom stereocenters. The maximum Gasteiger partial charge on any atom is 0.328 e. The largest absolute Gasteiger partial charge is 0.480 e. The molecule has 0 saturated heterocycles. The van der Waals surface area contributed by atoms with Crippen LogP contribution < -0.4 is 27.4 Å². The smallest absolute Gasteiger partial charge is 0.328 e. The molecule has 0 aliphatic heterocycles. The number of carboxylic acid groups (broad SMARTS) is 1. The fraction of sp³-hybridized carbons (Fsp3) is 0.778. The Labute approximate surface area is 175 Å². The van der Waals surface area contributed by atoms with Crippen molar-refractivity contribution in [2.24, 2.45) is 17.4 Å². The van der Waals surface area contributed by atoms with Crippen LogP contribution in [0.25, 0.3) is 0 Å². The lowest BCUT2D eigenvalue weighted by molar-refractivity contribution is -0.143. The number of carbonyl (C=O) groups is 4. The first kappa shape index (κ1) is 27.7. The molecular weight excluding hydrogens is 398 g/mol. The average molecular weight is 434 g/mol. The number of hydrogen-bond acceptors (Lipinski definition) is 8. The van der Waals surface area contributed by atoms with Gasteiger partial charge in [-0.05, 0) is 38.6 Å². The molecule has 5 atom stereocenters. The summed E-state index contributed by atoms with van der Waals surface area (Å²) in [6.45, 7) is 4.26. The van der Waals surface area contributed by atoms with Gasteiger partial charge >= 0.3 is 5.97 Å². The minimum absolute atomic E-state index is 0.137. The van der Waals surface area contributed by atoms with Crippen LogP contribution in [0.3, 0.4) is 0 Å². The lowest BCUT2D eigenvalue weighted by atomic mass is 10.0. The lowest BCUT2D eigenvalue weighted by Gasteiger charge is -2.26. The third kappa shape index (κ3) is 9.48. The van der Waals surface area contributed by atoms with E-state index in [2.05, 4.69) is 16.0 Å². The number of rotatable bonds is 14. The highest BCUT2D eigenvalue weighted by Gasteiger charge is 2.32. The highest BCUT2D eigenvalue weighted by atomic mass is 16.4. The Hall–Kier alpha value is -2.28. The van der Waals surface area contributed by atoms with Gasteiger partial charge in [-0.2, -0.15) is 0 Å². The van der Waals surface area contributed by atoms with Gasteiger partial charge in [0.2, 0.25) is 17.7 Å². The van der Waals surface area contributed by atoms with Crippen molar-refractivity contribution in [3.63, 3.8) is 0 Å². The van der Waals surface area contributed by atoms with E-state index in [0.717, 1.165) is 0 Å². The summed E-state index contributed by atoms with van der Waals surface area (Å²) in [4.78, 5) is 48.3. The molecule has 0 saturated carbocycles. The van der Waals surface area contributed by atoms with E-state index in [1.165, 1.54) is 6.92 Å². The van der Waals surface area contributed by atoms with Crippen LogP contribution in [0.15, 0.2) is 0 Å². The van der Waals surface area contributed by atoms with Crippen molar-refractivity contribution in [1.29, 1.82) is 0 Å². The topological polar surface area (TPSA) is 217 Å². The number of nitrogens with one attached hydrogen (secondary N) is 3. The normalized spacial score (nSPS) is 16.1. The Bertz CT molecular complexity index is 585. The van der Waals surface area contributed by atoms with E-state index in [0.29, 0.717) is 19.4 Å². The Morgan fingerprint density at radius 1 is 0.900 bits per heavy atom. The molecule has 0 aliphatic rings. The first-order chi connectivity index (χ1) is 14.0. The van der Waals surface area contributed by atoms with E-state index in [-0.39, 0.29) is 12.3 Å². The Morgan fingerprint density at radius 2 is 1.47 bits per heavy atom. The number of aliphatic carboxylic acids is 1. The van der Waals surface area contributed by atoms with Crippen molar-refractivity contribution < 1.29 is 34.5 Å². The van der Waals surface area contributed by atoms with Crippen molar-refractivity contribution in [1.82, 2.24) is 16.0 Å². The van der Waals surface area contributed by atoms with E-state index in [4.69, 9.17) is 21.7 Å². The van der Waals surface area contributed by atoms with Gasteiger partial charge in [0, 0.05) is 0 Å². The Balaban J connectivity index is 5.34. The molecular formula is C18H35N5O7. The summed E-state index contributed by atoms with van der Waals surface area (Å²) in [5.74, 6) is -3.94. The van der Waals surface area contributed by atoms with E-state index < -0.39 is 60.6 Å². The maximum atomic E-state index is 12.7. The molecule has 0 aromatic rings. The molecule has 0 radical (unpaired) electrons. The zero-order valence-corrected chi connectivity index (χ0v) is 17.6. The number of nitrogens with two attached hydrogens (primary N) is 2. The summed E-state index contributed by atoms with van der Waals surface area (Å²) in [5, 5.41) is 34.9. The van der Waals surface area contributed by atoms with E-state index in [1.807, 2.05) is 0 Å². The molecule has 0 fully saturated rings. The zero-order chi connectivity index (χ0) is 23.4. The molecule has 174 valence electrons. The predicted octanol–water partition coefficient (Wildman–Crippen LogP) is -2.99. The first-order valence-electron chi connectivity index (χ1n) is 9.84. The van der Waals surface area contributed by atoms with Gasteiger partial charge in [0.05, 0.1) is 18.8 Å². The summed E-state index contributed by atoms with van der Waals surface area (Å²) in [6.07, 6.45) is -0.138. The predicted molar refractivity (Wildman–Crippen MR) is 108 cm³/mol. The number of unbranched alkanes of at least 4 members (excludes halogenated alkanes) is 1. The van der Waals surface area contributed by atoms with Crippen LogP contribution in [0.2, 0.25) is 0 Å². The number of amides is 3.